The fraction of sp³-hybridized carbons (Fsp3) is 0.375. The van der Waals surface area contributed by atoms with E-state index in [1.807, 2.05) is 29.1 Å². The van der Waals surface area contributed by atoms with Gasteiger partial charge in [0, 0.05) is 25.0 Å². The zero-order valence-corrected chi connectivity index (χ0v) is 12.4. The van der Waals surface area contributed by atoms with Crippen molar-refractivity contribution in [3.63, 3.8) is 0 Å². The summed E-state index contributed by atoms with van der Waals surface area (Å²) in [5, 5.41) is 16.4. The molecule has 1 N–H and O–H groups in total. The van der Waals surface area contributed by atoms with Gasteiger partial charge in [-0.05, 0) is 44.2 Å². The molecule has 0 aliphatic heterocycles. The first-order valence-electron chi connectivity index (χ1n) is 7.06. The predicted molar refractivity (Wildman–Crippen MR) is 81.1 cm³/mol. The number of nitrogens with one attached hydrogen (secondary N) is 1. The second kappa shape index (κ2) is 7.46. The summed E-state index contributed by atoms with van der Waals surface area (Å²) in [5.74, 6) is 0.781. The van der Waals surface area contributed by atoms with Gasteiger partial charge in [-0.25, -0.2) is 0 Å². The quantitative estimate of drug-likeness (QED) is 0.793. The van der Waals surface area contributed by atoms with Gasteiger partial charge in [0.2, 0.25) is 0 Å². The topological polar surface area (TPSA) is 62.9 Å². The van der Waals surface area contributed by atoms with Gasteiger partial charge < -0.3 is 10.1 Å². The van der Waals surface area contributed by atoms with E-state index in [1.54, 1.807) is 18.3 Å². The minimum atomic E-state index is 0.287. The number of nitriles is 1. The number of rotatable bonds is 7. The van der Waals surface area contributed by atoms with Crippen LogP contribution in [-0.2, 0) is 0 Å². The van der Waals surface area contributed by atoms with E-state index in [0.29, 0.717) is 18.2 Å². The zero-order chi connectivity index (χ0) is 15.1. The van der Waals surface area contributed by atoms with Crippen LogP contribution >= 0.6 is 0 Å². The van der Waals surface area contributed by atoms with Crippen LogP contribution in [0.2, 0.25) is 0 Å². The van der Waals surface area contributed by atoms with Crippen LogP contribution in [0.3, 0.4) is 0 Å². The van der Waals surface area contributed by atoms with E-state index in [1.165, 1.54) is 0 Å². The number of aromatic nitrogens is 2. The van der Waals surface area contributed by atoms with Crippen LogP contribution < -0.4 is 10.1 Å². The molecule has 0 fully saturated rings. The third-order valence-corrected chi connectivity index (χ3v) is 3.49. The maximum atomic E-state index is 8.73. The normalized spacial score (nSPS) is 13.4. The van der Waals surface area contributed by atoms with Crippen molar-refractivity contribution in [2.45, 2.75) is 25.9 Å². The monoisotopic (exact) mass is 284 g/mol. The van der Waals surface area contributed by atoms with Gasteiger partial charge in [0.05, 0.1) is 17.7 Å². The third kappa shape index (κ3) is 4.33. The Hall–Kier alpha value is -2.32. The largest absolute Gasteiger partial charge is 0.492 e. The molecular formula is C16H20N4O. The number of benzene rings is 1. The predicted octanol–water partition coefficient (Wildman–Crippen LogP) is 2.37. The Morgan fingerprint density at radius 3 is 2.71 bits per heavy atom. The summed E-state index contributed by atoms with van der Waals surface area (Å²) >= 11 is 0. The summed E-state index contributed by atoms with van der Waals surface area (Å²) in [7, 11) is 0. The molecule has 1 aromatic carbocycles. The Labute approximate surface area is 125 Å². The van der Waals surface area contributed by atoms with Gasteiger partial charge in [0.25, 0.3) is 0 Å². The molecule has 0 saturated heterocycles. The first-order chi connectivity index (χ1) is 10.2. The number of ether oxygens (including phenoxy) is 1. The Bertz CT molecular complexity index is 571. The molecule has 2 rings (SSSR count). The minimum Gasteiger partial charge on any atom is -0.492 e. The summed E-state index contributed by atoms with van der Waals surface area (Å²) < 4.78 is 7.58. The molecule has 21 heavy (non-hydrogen) atoms. The van der Waals surface area contributed by atoms with Gasteiger partial charge in [-0.2, -0.15) is 10.4 Å². The average molecular weight is 284 g/mol. The van der Waals surface area contributed by atoms with Gasteiger partial charge in [-0.15, -0.1) is 0 Å². The van der Waals surface area contributed by atoms with Crippen molar-refractivity contribution >= 4 is 0 Å². The van der Waals surface area contributed by atoms with Crippen LogP contribution in [0.5, 0.6) is 5.75 Å². The molecule has 0 radical (unpaired) electrons. The first-order valence-corrected chi connectivity index (χ1v) is 7.06. The van der Waals surface area contributed by atoms with Crippen molar-refractivity contribution < 1.29 is 4.74 Å². The fourth-order valence-corrected chi connectivity index (χ4v) is 2.00. The van der Waals surface area contributed by atoms with Crippen LogP contribution in [0.25, 0.3) is 0 Å². The highest BCUT2D eigenvalue weighted by Gasteiger charge is 2.12. The summed E-state index contributed by atoms with van der Waals surface area (Å²) in [6.45, 7) is 5.61. The second-order valence-corrected chi connectivity index (χ2v) is 4.95. The number of nitrogens with zero attached hydrogens (tertiary/aromatic N) is 3. The number of hydrogen-bond donors (Lipinski definition) is 1. The molecule has 0 aliphatic rings. The lowest BCUT2D eigenvalue weighted by molar-refractivity contribution is 0.289. The summed E-state index contributed by atoms with van der Waals surface area (Å²) in [4.78, 5) is 0. The summed E-state index contributed by atoms with van der Waals surface area (Å²) in [5.41, 5.74) is 0.641. The molecule has 2 aromatic rings. The first kappa shape index (κ1) is 15.1. The maximum absolute atomic E-state index is 8.73. The highest BCUT2D eigenvalue weighted by molar-refractivity contribution is 5.34. The molecule has 0 aliphatic carbocycles. The van der Waals surface area contributed by atoms with Gasteiger partial charge in [-0.1, -0.05) is 0 Å². The molecule has 0 bridgehead atoms. The minimum absolute atomic E-state index is 0.287. The molecule has 1 heterocycles. The molecule has 110 valence electrons. The van der Waals surface area contributed by atoms with Crippen LogP contribution in [-0.4, -0.2) is 29.0 Å². The lowest BCUT2D eigenvalue weighted by Gasteiger charge is -2.21. The maximum Gasteiger partial charge on any atom is 0.119 e. The van der Waals surface area contributed by atoms with Crippen molar-refractivity contribution in [2.75, 3.05) is 13.2 Å². The lowest BCUT2D eigenvalue weighted by atomic mass is 10.2. The molecule has 0 unspecified atom stereocenters. The molecule has 5 nitrogen and oxygen atoms in total. The van der Waals surface area contributed by atoms with Crippen LogP contribution in [0.15, 0.2) is 42.7 Å². The van der Waals surface area contributed by atoms with Gasteiger partial charge >= 0.3 is 0 Å². The average Bonchev–Trinajstić information content (AvgIpc) is 3.05. The molecule has 0 spiro atoms. The molecule has 1 aromatic heterocycles. The van der Waals surface area contributed by atoms with E-state index in [4.69, 9.17) is 10.00 Å². The fourth-order valence-electron chi connectivity index (χ4n) is 2.00. The Balaban J connectivity index is 1.70. The Kier molecular flexibility index (Phi) is 5.35. The highest BCUT2D eigenvalue weighted by Crippen LogP contribution is 2.11. The van der Waals surface area contributed by atoms with Crippen molar-refractivity contribution in [1.82, 2.24) is 15.1 Å². The smallest absolute Gasteiger partial charge is 0.119 e. The third-order valence-electron chi connectivity index (χ3n) is 3.49. The standard InChI is InChI=1S/C16H20N4O/c1-13(14(2)20-10-3-8-19-20)18-9-11-21-16-6-4-15(12-17)5-7-16/h3-8,10,13-14,18H,9,11H2,1-2H3/t13-,14+/m1/s1. The van der Waals surface area contributed by atoms with E-state index < -0.39 is 0 Å². The lowest BCUT2D eigenvalue weighted by Crippen LogP contribution is -2.36. The van der Waals surface area contributed by atoms with Crippen LogP contribution in [0.1, 0.15) is 25.5 Å². The van der Waals surface area contributed by atoms with E-state index >= 15 is 0 Å². The second-order valence-electron chi connectivity index (χ2n) is 4.95. The summed E-state index contributed by atoms with van der Waals surface area (Å²) in [6.07, 6.45) is 3.76. The Morgan fingerprint density at radius 1 is 1.33 bits per heavy atom. The summed E-state index contributed by atoms with van der Waals surface area (Å²) in [6, 6.07) is 11.7. The zero-order valence-electron chi connectivity index (χ0n) is 12.4. The van der Waals surface area contributed by atoms with Crippen molar-refractivity contribution in [2.24, 2.45) is 0 Å². The van der Waals surface area contributed by atoms with Gasteiger partial charge in [-0.3, -0.25) is 4.68 Å². The van der Waals surface area contributed by atoms with Gasteiger partial charge in [0.15, 0.2) is 0 Å². The SMILES string of the molecule is C[C@@H](NCCOc1ccc(C#N)cc1)[C@H](C)n1cccn1. The molecule has 0 amide bonds. The van der Waals surface area contributed by atoms with Crippen LogP contribution in [0, 0.1) is 11.3 Å². The van der Waals surface area contributed by atoms with Gasteiger partial charge in [0.1, 0.15) is 12.4 Å². The highest BCUT2D eigenvalue weighted by atomic mass is 16.5. The molecular weight excluding hydrogens is 264 g/mol. The van der Waals surface area contributed by atoms with Crippen molar-refractivity contribution in [3.8, 4) is 11.8 Å². The van der Waals surface area contributed by atoms with Crippen LogP contribution in [0.4, 0.5) is 0 Å². The Morgan fingerprint density at radius 2 is 2.10 bits per heavy atom. The molecule has 2 atom stereocenters. The van der Waals surface area contributed by atoms with E-state index in [2.05, 4.69) is 30.3 Å². The van der Waals surface area contributed by atoms with Crippen molar-refractivity contribution in [1.29, 1.82) is 5.26 Å². The van der Waals surface area contributed by atoms with Crippen molar-refractivity contribution in [3.05, 3.63) is 48.3 Å². The number of hydrogen-bond acceptors (Lipinski definition) is 4. The molecule has 0 saturated carbocycles. The molecule has 5 heteroatoms. The van der Waals surface area contributed by atoms with E-state index in [-0.39, 0.29) is 6.04 Å². The van der Waals surface area contributed by atoms with E-state index in [0.717, 1.165) is 12.3 Å². The van der Waals surface area contributed by atoms with E-state index in [9.17, 15) is 0 Å².